The fourth-order valence-corrected chi connectivity index (χ4v) is 4.97. The van der Waals surface area contributed by atoms with Crippen LogP contribution in [0.25, 0.3) is 0 Å². The molecule has 0 saturated carbocycles. The normalized spacial score (nSPS) is 11.3. The highest BCUT2D eigenvalue weighted by molar-refractivity contribution is 14.2. The first-order chi connectivity index (χ1) is 10.2. The lowest BCUT2D eigenvalue weighted by Crippen LogP contribution is -2.22. The lowest BCUT2D eigenvalue weighted by atomic mass is 10.1. The van der Waals surface area contributed by atoms with Gasteiger partial charge in [-0.05, 0) is 121 Å². The summed E-state index contributed by atoms with van der Waals surface area (Å²) in [6, 6.07) is 9.97. The lowest BCUT2D eigenvalue weighted by Gasteiger charge is -2.19. The number of carboxylic acid groups (broad SMARTS) is 1. The molecule has 0 spiro atoms. The smallest absolute Gasteiger partial charge is 0.334 e. The van der Waals surface area contributed by atoms with E-state index in [2.05, 4.69) is 45.2 Å². The fourth-order valence-electron chi connectivity index (χ4n) is 1.61. The summed E-state index contributed by atoms with van der Waals surface area (Å²) in [6.45, 7) is 0. The topological polar surface area (TPSA) is 66.8 Å². The van der Waals surface area contributed by atoms with E-state index in [1.54, 1.807) is 36.4 Å². The van der Waals surface area contributed by atoms with Crippen LogP contribution in [0.15, 0.2) is 36.4 Å². The maximum absolute atomic E-state index is 11.4. The Morgan fingerprint density at radius 3 is 2.14 bits per heavy atom. The van der Waals surface area contributed by atoms with Gasteiger partial charge in [-0.15, -0.1) is 0 Å². The Morgan fingerprint density at radius 1 is 1.00 bits per heavy atom. The van der Waals surface area contributed by atoms with E-state index in [-0.39, 0.29) is 5.75 Å². The Bertz CT molecular complexity index is 714. The first-order valence-corrected chi connectivity index (χ1v) is 10.1. The molecule has 0 bridgehead atoms. The second kappa shape index (κ2) is 7.55. The largest absolute Gasteiger partial charge is 0.508 e. The van der Waals surface area contributed by atoms with Crippen LogP contribution in [0.2, 0.25) is 0 Å². The van der Waals surface area contributed by atoms with Crippen molar-refractivity contribution in [2.45, 2.75) is 1.43 Å². The van der Waals surface area contributed by atoms with Crippen molar-refractivity contribution in [3.8, 4) is 17.2 Å². The number of phenols is 1. The number of hydrogen-bond acceptors (Lipinski definition) is 3. The number of carboxylic acids is 1. The molecule has 2 aromatic rings. The van der Waals surface area contributed by atoms with Crippen molar-refractivity contribution in [2.24, 2.45) is 0 Å². The summed E-state index contributed by atoms with van der Waals surface area (Å²) in [6.07, 6.45) is 0. The second-order valence-electron chi connectivity index (χ2n) is 4.21. The molecular weight excluding hydrogens is 740 g/mol. The Morgan fingerprint density at radius 2 is 1.59 bits per heavy atom. The number of aliphatic carboxylic acids is 1. The van der Waals surface area contributed by atoms with Crippen LogP contribution < -0.4 is 4.74 Å². The highest BCUT2D eigenvalue weighted by Crippen LogP contribution is 2.44. The van der Waals surface area contributed by atoms with Crippen molar-refractivity contribution in [3.63, 3.8) is 0 Å². The molecule has 4 nitrogen and oxygen atoms in total. The average molecular weight is 748 g/mol. The highest BCUT2D eigenvalue weighted by atomic mass is 127. The van der Waals surface area contributed by atoms with Gasteiger partial charge in [0, 0.05) is 9.13 Å². The van der Waals surface area contributed by atoms with Crippen LogP contribution in [0, 0.1) is 7.14 Å². The molecular formula is C14H8I4O4. The molecule has 0 fully saturated rings. The van der Waals surface area contributed by atoms with E-state index < -0.39 is 7.40 Å². The number of halogens is 4. The average Bonchev–Trinajstić information content (AvgIpc) is 2.46. The van der Waals surface area contributed by atoms with Gasteiger partial charge in [0.1, 0.15) is 17.2 Å². The van der Waals surface area contributed by atoms with Gasteiger partial charge in [-0.2, -0.15) is 0 Å². The molecule has 0 unspecified atom stereocenters. The number of ether oxygens (including phenoxy) is 1. The number of alkyl halides is 2. The summed E-state index contributed by atoms with van der Waals surface area (Å²) in [5.74, 6) is 0.531. The van der Waals surface area contributed by atoms with E-state index in [1.807, 2.05) is 45.2 Å². The van der Waals surface area contributed by atoms with Crippen LogP contribution in [0.5, 0.6) is 17.2 Å². The summed E-state index contributed by atoms with van der Waals surface area (Å²) in [4.78, 5) is 11.4. The Hall–Kier alpha value is 0.430. The van der Waals surface area contributed by atoms with E-state index in [0.29, 0.717) is 11.5 Å². The third kappa shape index (κ3) is 4.09. The standard InChI is InChI=1S/C14H8I4O4/c15-11-9(14(17,18)13(20)21)5-6-10(12(11)16)22-8-3-1-7(19)2-4-8/h1-6,19H,(H,20,21). The van der Waals surface area contributed by atoms with Crippen molar-refractivity contribution >= 4 is 96.3 Å². The molecule has 0 radical (unpaired) electrons. The van der Waals surface area contributed by atoms with Gasteiger partial charge in [-0.1, -0.05) is 6.07 Å². The predicted molar refractivity (Wildman–Crippen MR) is 117 cm³/mol. The van der Waals surface area contributed by atoms with Crippen molar-refractivity contribution in [1.82, 2.24) is 0 Å². The molecule has 2 rings (SSSR count). The summed E-state index contributed by atoms with van der Waals surface area (Å²) in [5, 5.41) is 18.6. The van der Waals surface area contributed by atoms with Crippen molar-refractivity contribution < 1.29 is 19.7 Å². The molecule has 2 N–H and O–H groups in total. The zero-order valence-electron chi connectivity index (χ0n) is 10.7. The van der Waals surface area contributed by atoms with Crippen LogP contribution in [0.4, 0.5) is 0 Å². The summed E-state index contributed by atoms with van der Waals surface area (Å²) in [7, 11) is 0. The monoisotopic (exact) mass is 748 g/mol. The molecule has 0 aliphatic rings. The minimum atomic E-state index is -1.02. The van der Waals surface area contributed by atoms with Crippen LogP contribution in [0.1, 0.15) is 5.56 Å². The third-order valence-electron chi connectivity index (χ3n) is 2.72. The Kier molecular flexibility index (Phi) is 6.44. The van der Waals surface area contributed by atoms with Gasteiger partial charge in [-0.3, -0.25) is 0 Å². The second-order valence-corrected chi connectivity index (χ2v) is 11.7. The molecule has 0 saturated heterocycles. The van der Waals surface area contributed by atoms with Gasteiger partial charge < -0.3 is 14.9 Å². The molecule has 8 heteroatoms. The molecule has 0 aliphatic carbocycles. The van der Waals surface area contributed by atoms with Gasteiger partial charge in [0.2, 0.25) is 0 Å². The quantitative estimate of drug-likeness (QED) is 0.321. The number of aromatic hydroxyl groups is 1. The van der Waals surface area contributed by atoms with E-state index >= 15 is 0 Å². The van der Waals surface area contributed by atoms with E-state index in [9.17, 15) is 15.0 Å². The highest BCUT2D eigenvalue weighted by Gasteiger charge is 2.37. The van der Waals surface area contributed by atoms with Gasteiger partial charge >= 0.3 is 5.97 Å². The number of carbonyl (C=O) groups is 1. The van der Waals surface area contributed by atoms with Gasteiger partial charge in [0.25, 0.3) is 0 Å². The molecule has 116 valence electrons. The van der Waals surface area contributed by atoms with Gasteiger partial charge in [-0.25, -0.2) is 4.79 Å². The van der Waals surface area contributed by atoms with Gasteiger partial charge in [0.15, 0.2) is 1.43 Å². The fraction of sp³-hybridized carbons (Fsp3) is 0.0714. The van der Waals surface area contributed by atoms with Crippen LogP contribution in [-0.2, 0) is 6.22 Å². The van der Waals surface area contributed by atoms with Crippen molar-refractivity contribution in [2.75, 3.05) is 0 Å². The number of phenolic OH excluding ortho intramolecular Hbond substituents is 1. The van der Waals surface area contributed by atoms with E-state index in [0.717, 1.165) is 12.7 Å². The van der Waals surface area contributed by atoms with Gasteiger partial charge in [0.05, 0.1) is 3.57 Å². The number of rotatable bonds is 4. The van der Waals surface area contributed by atoms with Crippen molar-refractivity contribution in [1.29, 1.82) is 0 Å². The zero-order chi connectivity index (χ0) is 16.5. The number of hydrogen-bond donors (Lipinski definition) is 2. The minimum absolute atomic E-state index is 0.174. The SMILES string of the molecule is O=C(O)C(I)(I)c1ccc(Oc2ccc(O)cc2)c(I)c1I. The number of benzene rings is 2. The molecule has 0 amide bonds. The molecule has 0 heterocycles. The molecule has 2 aromatic carbocycles. The molecule has 0 atom stereocenters. The molecule has 0 aliphatic heterocycles. The van der Waals surface area contributed by atoms with Crippen molar-refractivity contribution in [3.05, 3.63) is 49.1 Å². The maximum Gasteiger partial charge on any atom is 0.334 e. The minimum Gasteiger partial charge on any atom is -0.508 e. The van der Waals surface area contributed by atoms with E-state index in [1.165, 1.54) is 0 Å². The van der Waals surface area contributed by atoms with Crippen LogP contribution in [-0.4, -0.2) is 16.2 Å². The summed E-state index contributed by atoms with van der Waals surface area (Å²) >= 11 is 8.13. The molecule has 0 aromatic heterocycles. The van der Waals surface area contributed by atoms with Crippen LogP contribution >= 0.6 is 90.4 Å². The first-order valence-electron chi connectivity index (χ1n) is 5.80. The Labute approximate surface area is 181 Å². The summed E-state index contributed by atoms with van der Waals surface area (Å²) in [5.41, 5.74) is 0.726. The zero-order valence-corrected chi connectivity index (χ0v) is 19.3. The Balaban J connectivity index is 2.39. The molecule has 22 heavy (non-hydrogen) atoms. The predicted octanol–water partition coefficient (Wildman–Crippen LogP) is 5.50. The van der Waals surface area contributed by atoms with Crippen LogP contribution in [0.3, 0.4) is 0 Å². The maximum atomic E-state index is 11.4. The lowest BCUT2D eigenvalue weighted by molar-refractivity contribution is -0.136. The summed E-state index contributed by atoms with van der Waals surface area (Å²) < 4.78 is 6.47. The third-order valence-corrected chi connectivity index (χ3v) is 8.03. The van der Waals surface area contributed by atoms with E-state index in [4.69, 9.17) is 4.74 Å². The first kappa shape index (κ1) is 18.8.